The second-order valence-electron chi connectivity index (χ2n) is 5.84. The van der Waals surface area contributed by atoms with Gasteiger partial charge in [0, 0.05) is 44.6 Å². The van der Waals surface area contributed by atoms with Gasteiger partial charge in [0.2, 0.25) is 0 Å². The zero-order valence-electron chi connectivity index (χ0n) is 13.7. The number of amides is 1. The number of nitrogens with zero attached hydrogens (tertiary/aromatic N) is 3. The lowest BCUT2D eigenvalue weighted by molar-refractivity contribution is 0.0832. The summed E-state index contributed by atoms with van der Waals surface area (Å²) in [5.74, 6) is 0.177. The second kappa shape index (κ2) is 7.77. The Morgan fingerprint density at radius 2 is 2.21 bits per heavy atom. The van der Waals surface area contributed by atoms with Crippen LogP contribution in [0.25, 0.3) is 0 Å². The van der Waals surface area contributed by atoms with E-state index in [-0.39, 0.29) is 11.8 Å². The molecule has 3 heterocycles. The van der Waals surface area contributed by atoms with E-state index in [9.17, 15) is 4.79 Å². The molecule has 1 N–H and O–H groups in total. The topological polar surface area (TPSA) is 69.0 Å². The summed E-state index contributed by atoms with van der Waals surface area (Å²) in [5, 5.41) is 8.00. The highest BCUT2D eigenvalue weighted by Crippen LogP contribution is 2.28. The van der Waals surface area contributed by atoms with Gasteiger partial charge in [-0.05, 0) is 31.4 Å². The third kappa shape index (κ3) is 3.94. The molecule has 0 bridgehead atoms. The zero-order chi connectivity index (χ0) is 16.9. The molecule has 6 nitrogen and oxygen atoms in total. The minimum absolute atomic E-state index is 0.105. The van der Waals surface area contributed by atoms with Crippen LogP contribution in [0.5, 0.6) is 0 Å². The van der Waals surface area contributed by atoms with Gasteiger partial charge in [0.25, 0.3) is 5.91 Å². The Morgan fingerprint density at radius 1 is 1.42 bits per heavy atom. The van der Waals surface area contributed by atoms with Crippen molar-refractivity contribution in [1.29, 1.82) is 0 Å². The first-order valence-electron chi connectivity index (χ1n) is 8.21. The van der Waals surface area contributed by atoms with Gasteiger partial charge in [0.1, 0.15) is 5.15 Å². The molecule has 0 unspecified atom stereocenters. The van der Waals surface area contributed by atoms with E-state index in [2.05, 4.69) is 15.4 Å². The average Bonchev–Trinajstić information content (AvgIpc) is 3.06. The fourth-order valence-corrected chi connectivity index (χ4v) is 2.95. The number of carbonyl (C=O) groups excluding carboxylic acids is 1. The van der Waals surface area contributed by atoms with Crippen LogP contribution in [0, 0.1) is 0 Å². The highest BCUT2D eigenvalue weighted by Gasteiger charge is 2.25. The lowest BCUT2D eigenvalue weighted by atomic mass is 9.94. The second-order valence-corrected chi connectivity index (χ2v) is 6.23. The minimum Gasteiger partial charge on any atom is -0.381 e. The highest BCUT2D eigenvalue weighted by atomic mass is 35.5. The van der Waals surface area contributed by atoms with Crippen LogP contribution in [-0.4, -0.2) is 33.9 Å². The van der Waals surface area contributed by atoms with Crippen molar-refractivity contribution in [1.82, 2.24) is 20.1 Å². The quantitative estimate of drug-likeness (QED) is 0.843. The number of pyridine rings is 1. The molecule has 0 saturated carbocycles. The van der Waals surface area contributed by atoms with Crippen molar-refractivity contribution in [2.75, 3.05) is 13.2 Å². The molecular weight excluding hydrogens is 328 g/mol. The van der Waals surface area contributed by atoms with Crippen molar-refractivity contribution in [2.45, 2.75) is 38.8 Å². The fourth-order valence-electron chi connectivity index (χ4n) is 2.83. The van der Waals surface area contributed by atoms with E-state index in [4.69, 9.17) is 16.3 Å². The lowest BCUT2D eigenvalue weighted by Gasteiger charge is -2.21. The van der Waals surface area contributed by atoms with Gasteiger partial charge in [0.15, 0.2) is 0 Å². The molecule has 0 radical (unpaired) electrons. The lowest BCUT2D eigenvalue weighted by Crippen LogP contribution is -2.25. The Hall–Kier alpha value is -1.92. The molecule has 3 rings (SSSR count). The number of carbonyl (C=O) groups is 1. The SMILES string of the molecule is CCn1cc(C(=O)NCc2ccc(Cl)nc2)c(C2CCOCC2)n1. The standard InChI is InChI=1S/C17H21ClN4O2/c1-2-22-11-14(16(21-22)13-5-7-24-8-6-13)17(23)20-10-12-3-4-15(18)19-9-12/h3-4,9,11,13H,2,5-8,10H2,1H3,(H,20,23). The summed E-state index contributed by atoms with van der Waals surface area (Å²) in [7, 11) is 0. The number of hydrogen-bond acceptors (Lipinski definition) is 4. The predicted molar refractivity (Wildman–Crippen MR) is 91.1 cm³/mol. The molecule has 1 aliphatic rings. The van der Waals surface area contributed by atoms with E-state index in [0.717, 1.165) is 43.9 Å². The first-order valence-corrected chi connectivity index (χ1v) is 8.59. The van der Waals surface area contributed by atoms with Crippen molar-refractivity contribution >= 4 is 17.5 Å². The van der Waals surface area contributed by atoms with E-state index < -0.39 is 0 Å². The van der Waals surface area contributed by atoms with Gasteiger partial charge in [-0.25, -0.2) is 4.98 Å². The summed E-state index contributed by atoms with van der Waals surface area (Å²) < 4.78 is 7.24. The molecule has 1 amide bonds. The number of halogens is 1. The van der Waals surface area contributed by atoms with Crippen LogP contribution in [-0.2, 0) is 17.8 Å². The maximum absolute atomic E-state index is 12.6. The number of aryl methyl sites for hydroxylation is 1. The van der Waals surface area contributed by atoms with Gasteiger partial charge >= 0.3 is 0 Å². The van der Waals surface area contributed by atoms with Gasteiger partial charge in [-0.2, -0.15) is 5.10 Å². The van der Waals surface area contributed by atoms with Crippen molar-refractivity contribution in [3.8, 4) is 0 Å². The molecule has 2 aromatic rings. The maximum Gasteiger partial charge on any atom is 0.255 e. The van der Waals surface area contributed by atoms with Gasteiger partial charge in [0.05, 0.1) is 11.3 Å². The molecule has 0 atom stereocenters. The van der Waals surface area contributed by atoms with Crippen LogP contribution in [0.2, 0.25) is 5.15 Å². The Balaban J connectivity index is 1.73. The average molecular weight is 349 g/mol. The van der Waals surface area contributed by atoms with E-state index in [1.165, 1.54) is 0 Å². The van der Waals surface area contributed by atoms with Crippen LogP contribution >= 0.6 is 11.6 Å². The van der Waals surface area contributed by atoms with Crippen LogP contribution < -0.4 is 5.32 Å². The third-order valence-corrected chi connectivity index (χ3v) is 4.43. The summed E-state index contributed by atoms with van der Waals surface area (Å²) in [6.07, 6.45) is 5.31. The Kier molecular flexibility index (Phi) is 5.48. The molecule has 1 saturated heterocycles. The van der Waals surface area contributed by atoms with Gasteiger partial charge in [-0.3, -0.25) is 9.48 Å². The smallest absolute Gasteiger partial charge is 0.255 e. The van der Waals surface area contributed by atoms with E-state index in [1.54, 1.807) is 12.3 Å². The predicted octanol–water partition coefficient (Wildman–Crippen LogP) is 2.78. The fraction of sp³-hybridized carbons (Fsp3) is 0.471. The maximum atomic E-state index is 12.6. The van der Waals surface area contributed by atoms with Gasteiger partial charge < -0.3 is 10.1 Å². The van der Waals surface area contributed by atoms with Crippen molar-refractivity contribution < 1.29 is 9.53 Å². The summed E-state index contributed by atoms with van der Waals surface area (Å²) in [6, 6.07) is 3.57. The molecule has 0 aromatic carbocycles. The summed E-state index contributed by atoms with van der Waals surface area (Å²) in [5.41, 5.74) is 2.45. The van der Waals surface area contributed by atoms with Crippen molar-refractivity contribution in [3.05, 3.63) is 46.5 Å². The first kappa shape index (κ1) is 16.9. The van der Waals surface area contributed by atoms with E-state index in [0.29, 0.717) is 17.3 Å². The summed E-state index contributed by atoms with van der Waals surface area (Å²) >= 11 is 5.78. The number of rotatable bonds is 5. The molecule has 7 heteroatoms. The number of hydrogen-bond donors (Lipinski definition) is 1. The first-order chi connectivity index (χ1) is 11.7. The molecule has 1 fully saturated rings. The molecule has 0 aliphatic carbocycles. The zero-order valence-corrected chi connectivity index (χ0v) is 14.4. The van der Waals surface area contributed by atoms with Gasteiger partial charge in [-0.15, -0.1) is 0 Å². The van der Waals surface area contributed by atoms with Crippen LogP contribution in [0.1, 0.15) is 47.3 Å². The third-order valence-electron chi connectivity index (χ3n) is 4.21. The largest absolute Gasteiger partial charge is 0.381 e. The normalized spacial score (nSPS) is 15.4. The molecule has 24 heavy (non-hydrogen) atoms. The number of nitrogens with one attached hydrogen (secondary N) is 1. The molecule has 0 spiro atoms. The van der Waals surface area contributed by atoms with E-state index >= 15 is 0 Å². The van der Waals surface area contributed by atoms with Crippen molar-refractivity contribution in [3.63, 3.8) is 0 Å². The Morgan fingerprint density at radius 3 is 2.88 bits per heavy atom. The number of ether oxygens (including phenoxy) is 1. The highest BCUT2D eigenvalue weighted by molar-refractivity contribution is 6.29. The van der Waals surface area contributed by atoms with Crippen LogP contribution in [0.15, 0.2) is 24.5 Å². The number of aromatic nitrogens is 3. The van der Waals surface area contributed by atoms with Crippen LogP contribution in [0.3, 0.4) is 0 Å². The molecular formula is C17H21ClN4O2. The molecule has 2 aromatic heterocycles. The van der Waals surface area contributed by atoms with E-state index in [1.807, 2.05) is 23.9 Å². The van der Waals surface area contributed by atoms with Crippen molar-refractivity contribution in [2.24, 2.45) is 0 Å². The van der Waals surface area contributed by atoms with Crippen LogP contribution in [0.4, 0.5) is 0 Å². The summed E-state index contributed by atoms with van der Waals surface area (Å²) in [4.78, 5) is 16.7. The Bertz CT molecular complexity index is 693. The minimum atomic E-state index is -0.105. The molecule has 1 aliphatic heterocycles. The molecule has 128 valence electrons. The monoisotopic (exact) mass is 348 g/mol. The Labute approximate surface area is 146 Å². The summed E-state index contributed by atoms with van der Waals surface area (Å²) in [6.45, 7) is 4.61. The van der Waals surface area contributed by atoms with Gasteiger partial charge in [-0.1, -0.05) is 17.7 Å².